The normalized spacial score (nSPS) is 10.5. The second-order valence-electron chi connectivity index (χ2n) is 4.25. The van der Waals surface area contributed by atoms with E-state index in [1.165, 1.54) is 6.20 Å². The number of aldehydes is 1. The van der Waals surface area contributed by atoms with Crippen LogP contribution in [0, 0.1) is 0 Å². The van der Waals surface area contributed by atoms with E-state index in [-0.39, 0.29) is 23.2 Å². The molecule has 0 aliphatic carbocycles. The van der Waals surface area contributed by atoms with Gasteiger partial charge in [0, 0.05) is 0 Å². The number of anilines is 1. The minimum atomic E-state index is 0.0405. The Hall–Kier alpha value is -3.09. The topological polar surface area (TPSA) is 104 Å². The van der Waals surface area contributed by atoms with Crippen LogP contribution in [0.25, 0.3) is 11.2 Å². The number of benzene rings is 1. The van der Waals surface area contributed by atoms with E-state index >= 15 is 0 Å². The molecule has 0 spiro atoms. The number of nitrogens with two attached hydrogens (primary N) is 1. The summed E-state index contributed by atoms with van der Waals surface area (Å²) >= 11 is 0. The Kier molecular flexibility index (Phi) is 3.38. The van der Waals surface area contributed by atoms with Crippen LogP contribution < -0.4 is 10.5 Å². The number of rotatable bonds is 4. The van der Waals surface area contributed by atoms with Crippen LogP contribution in [-0.4, -0.2) is 26.2 Å². The average molecular weight is 281 g/mol. The first kappa shape index (κ1) is 12.9. The van der Waals surface area contributed by atoms with Gasteiger partial charge in [0.1, 0.15) is 12.3 Å². The molecular weight excluding hydrogens is 270 g/mol. The molecule has 0 fully saturated rings. The fourth-order valence-electron chi connectivity index (χ4n) is 1.80. The number of carbonyl (C=O) groups is 1. The number of carbonyl (C=O) groups excluding carboxylic acids is 1. The molecule has 0 radical (unpaired) electrons. The smallest absolute Gasteiger partial charge is 0.247 e. The van der Waals surface area contributed by atoms with Crippen LogP contribution in [0.4, 0.5) is 5.95 Å². The monoisotopic (exact) mass is 281 g/mol. The summed E-state index contributed by atoms with van der Waals surface area (Å²) in [7, 11) is 0. The fourth-order valence-corrected chi connectivity index (χ4v) is 1.80. The van der Waals surface area contributed by atoms with Crippen LogP contribution in [0.1, 0.15) is 16.1 Å². The SMILES string of the molecule is Nc1nc(OCc2ccccc2)c2nc(C=O)cnc2n1. The molecule has 21 heavy (non-hydrogen) atoms. The molecule has 0 saturated carbocycles. The molecule has 0 unspecified atom stereocenters. The van der Waals surface area contributed by atoms with E-state index in [1.54, 1.807) is 0 Å². The van der Waals surface area contributed by atoms with Crippen molar-refractivity contribution in [2.24, 2.45) is 0 Å². The van der Waals surface area contributed by atoms with Gasteiger partial charge in [0.25, 0.3) is 0 Å². The first-order chi connectivity index (χ1) is 10.3. The van der Waals surface area contributed by atoms with Gasteiger partial charge in [0.2, 0.25) is 11.8 Å². The van der Waals surface area contributed by atoms with Crippen molar-refractivity contribution in [1.82, 2.24) is 19.9 Å². The maximum absolute atomic E-state index is 10.8. The third-order valence-corrected chi connectivity index (χ3v) is 2.75. The molecule has 104 valence electrons. The van der Waals surface area contributed by atoms with Gasteiger partial charge < -0.3 is 10.5 Å². The molecule has 7 nitrogen and oxygen atoms in total. The molecule has 0 aliphatic heterocycles. The first-order valence-electron chi connectivity index (χ1n) is 6.18. The molecule has 7 heteroatoms. The van der Waals surface area contributed by atoms with Crippen LogP contribution in [0.2, 0.25) is 0 Å². The molecule has 0 amide bonds. The molecule has 2 N–H and O–H groups in total. The van der Waals surface area contributed by atoms with Crippen LogP contribution in [0.3, 0.4) is 0 Å². The predicted octanol–water partition coefficient (Wildman–Crippen LogP) is 1.39. The summed E-state index contributed by atoms with van der Waals surface area (Å²) in [6.07, 6.45) is 1.92. The van der Waals surface area contributed by atoms with Gasteiger partial charge in [-0.15, -0.1) is 0 Å². The molecule has 2 heterocycles. The van der Waals surface area contributed by atoms with Gasteiger partial charge >= 0.3 is 0 Å². The van der Waals surface area contributed by atoms with Crippen LogP contribution in [0.5, 0.6) is 5.88 Å². The minimum Gasteiger partial charge on any atom is -0.471 e. The Morgan fingerprint density at radius 3 is 2.71 bits per heavy atom. The molecule has 3 rings (SSSR count). The zero-order valence-corrected chi connectivity index (χ0v) is 10.9. The van der Waals surface area contributed by atoms with Crippen molar-refractivity contribution in [3.8, 4) is 5.88 Å². The third-order valence-electron chi connectivity index (χ3n) is 2.75. The number of ether oxygens (including phenoxy) is 1. The van der Waals surface area contributed by atoms with E-state index in [0.717, 1.165) is 5.56 Å². The molecule has 3 aromatic rings. The number of nitrogens with zero attached hydrogens (tertiary/aromatic N) is 4. The number of hydrogen-bond donors (Lipinski definition) is 1. The summed E-state index contributed by atoms with van der Waals surface area (Å²) in [6, 6.07) is 9.60. The molecular formula is C14H11N5O2. The third kappa shape index (κ3) is 2.76. The number of aromatic nitrogens is 4. The summed E-state index contributed by atoms with van der Waals surface area (Å²) in [5, 5.41) is 0. The molecule has 0 saturated heterocycles. The molecule has 2 aromatic heterocycles. The Bertz CT molecular complexity index is 792. The van der Waals surface area contributed by atoms with Crippen molar-refractivity contribution in [2.75, 3.05) is 5.73 Å². The Balaban J connectivity index is 1.98. The summed E-state index contributed by atoms with van der Waals surface area (Å²) in [5.41, 5.74) is 7.38. The summed E-state index contributed by atoms with van der Waals surface area (Å²) in [5.74, 6) is 0.247. The number of hydrogen-bond acceptors (Lipinski definition) is 7. The lowest BCUT2D eigenvalue weighted by molar-refractivity contribution is 0.111. The lowest BCUT2D eigenvalue weighted by atomic mass is 10.2. The zero-order chi connectivity index (χ0) is 14.7. The van der Waals surface area contributed by atoms with E-state index in [9.17, 15) is 4.79 Å². The number of nitrogen functional groups attached to an aromatic ring is 1. The molecule has 0 atom stereocenters. The standard InChI is InChI=1S/C14H11N5O2/c15-14-18-12-11(17-10(7-20)6-16-12)13(19-14)21-8-9-4-2-1-3-5-9/h1-7H,8H2,(H2,15,16,18,19). The second-order valence-corrected chi connectivity index (χ2v) is 4.25. The van der Waals surface area contributed by atoms with Gasteiger partial charge in [0.15, 0.2) is 17.5 Å². The maximum atomic E-state index is 10.8. The minimum absolute atomic E-state index is 0.0405. The van der Waals surface area contributed by atoms with E-state index in [4.69, 9.17) is 10.5 Å². The van der Waals surface area contributed by atoms with Crippen molar-refractivity contribution in [3.63, 3.8) is 0 Å². The van der Waals surface area contributed by atoms with Crippen molar-refractivity contribution in [3.05, 3.63) is 47.8 Å². The Morgan fingerprint density at radius 2 is 1.95 bits per heavy atom. The van der Waals surface area contributed by atoms with Gasteiger partial charge in [-0.1, -0.05) is 30.3 Å². The van der Waals surface area contributed by atoms with Gasteiger partial charge in [-0.05, 0) is 5.56 Å². The molecule has 0 bridgehead atoms. The van der Waals surface area contributed by atoms with Gasteiger partial charge in [-0.2, -0.15) is 9.97 Å². The van der Waals surface area contributed by atoms with Crippen molar-refractivity contribution >= 4 is 23.4 Å². The Morgan fingerprint density at radius 1 is 1.14 bits per heavy atom. The van der Waals surface area contributed by atoms with Crippen molar-refractivity contribution in [1.29, 1.82) is 0 Å². The van der Waals surface area contributed by atoms with E-state index < -0.39 is 0 Å². The average Bonchev–Trinajstić information content (AvgIpc) is 2.53. The van der Waals surface area contributed by atoms with Gasteiger partial charge in [0.05, 0.1) is 6.20 Å². The van der Waals surface area contributed by atoms with Crippen LogP contribution in [-0.2, 0) is 6.61 Å². The highest BCUT2D eigenvalue weighted by Crippen LogP contribution is 2.20. The highest BCUT2D eigenvalue weighted by Gasteiger charge is 2.11. The predicted molar refractivity (Wildman–Crippen MR) is 75.7 cm³/mol. The quantitative estimate of drug-likeness (QED) is 0.720. The van der Waals surface area contributed by atoms with Gasteiger partial charge in [-0.25, -0.2) is 9.97 Å². The van der Waals surface area contributed by atoms with E-state index in [1.807, 2.05) is 30.3 Å². The van der Waals surface area contributed by atoms with Crippen LogP contribution >= 0.6 is 0 Å². The number of fused-ring (bicyclic) bond motifs is 1. The van der Waals surface area contributed by atoms with Gasteiger partial charge in [-0.3, -0.25) is 4.79 Å². The summed E-state index contributed by atoms with van der Waals surface area (Å²) in [4.78, 5) is 26.9. The fraction of sp³-hybridized carbons (Fsp3) is 0.0714. The largest absolute Gasteiger partial charge is 0.471 e. The lowest BCUT2D eigenvalue weighted by Gasteiger charge is -2.08. The van der Waals surface area contributed by atoms with Crippen molar-refractivity contribution in [2.45, 2.75) is 6.61 Å². The zero-order valence-electron chi connectivity index (χ0n) is 10.9. The lowest BCUT2D eigenvalue weighted by Crippen LogP contribution is -2.05. The Labute approximate surface area is 119 Å². The highest BCUT2D eigenvalue weighted by molar-refractivity contribution is 5.81. The maximum Gasteiger partial charge on any atom is 0.247 e. The first-order valence-corrected chi connectivity index (χ1v) is 6.18. The summed E-state index contributed by atoms with van der Waals surface area (Å²) in [6.45, 7) is 0.305. The second kappa shape index (κ2) is 5.49. The molecule has 0 aliphatic rings. The van der Waals surface area contributed by atoms with Crippen LogP contribution in [0.15, 0.2) is 36.5 Å². The van der Waals surface area contributed by atoms with E-state index in [0.29, 0.717) is 18.4 Å². The van der Waals surface area contributed by atoms with E-state index in [2.05, 4.69) is 19.9 Å². The highest BCUT2D eigenvalue weighted by atomic mass is 16.5. The molecule has 1 aromatic carbocycles. The van der Waals surface area contributed by atoms with Crippen molar-refractivity contribution < 1.29 is 9.53 Å². The summed E-state index contributed by atoms with van der Waals surface area (Å²) < 4.78 is 5.64.